The molecule has 0 bridgehead atoms. The number of carbonyl (C=O) groups excluding carboxylic acids is 1. The summed E-state index contributed by atoms with van der Waals surface area (Å²) in [4.78, 5) is 22.4. The van der Waals surface area contributed by atoms with E-state index in [0.717, 1.165) is 98.0 Å². The first-order chi connectivity index (χ1) is 20.2. The highest BCUT2D eigenvalue weighted by Gasteiger charge is 2.39. The molecule has 2 aliphatic rings. The second-order valence-electron chi connectivity index (χ2n) is 12.1. The van der Waals surface area contributed by atoms with E-state index in [1.807, 2.05) is 50.7 Å². The van der Waals surface area contributed by atoms with Crippen LogP contribution in [0.5, 0.6) is 5.75 Å². The van der Waals surface area contributed by atoms with Crippen molar-refractivity contribution in [2.45, 2.75) is 51.7 Å². The molecule has 0 aromatic carbocycles. The number of alkyl carbamates (subject to hydrolysis) is 1. The monoisotopic (exact) mass is 576 g/mol. The first kappa shape index (κ1) is 28.2. The number of morpholine rings is 1. The predicted octanol–water partition coefficient (Wildman–Crippen LogP) is 3.87. The smallest absolute Gasteiger partial charge is 0.408 e. The average molecular weight is 577 g/mol. The molecule has 12 nitrogen and oxygen atoms in total. The van der Waals surface area contributed by atoms with E-state index in [2.05, 4.69) is 42.5 Å². The summed E-state index contributed by atoms with van der Waals surface area (Å²) < 4.78 is 18.9. The summed E-state index contributed by atoms with van der Waals surface area (Å²) in [7, 11) is 0. The summed E-state index contributed by atoms with van der Waals surface area (Å²) in [5.41, 5.74) is 2.70. The normalized spacial score (nSPS) is 18.0. The zero-order chi connectivity index (χ0) is 29.3. The number of amides is 1. The molecule has 4 aromatic heterocycles. The Morgan fingerprint density at radius 1 is 1.14 bits per heavy atom. The van der Waals surface area contributed by atoms with E-state index >= 15 is 0 Å². The van der Waals surface area contributed by atoms with Crippen LogP contribution in [0.3, 0.4) is 0 Å². The van der Waals surface area contributed by atoms with Crippen LogP contribution >= 0.6 is 0 Å². The van der Waals surface area contributed by atoms with Gasteiger partial charge < -0.3 is 24.4 Å². The largest absolute Gasteiger partial charge is 0.492 e. The molecule has 2 aliphatic heterocycles. The van der Waals surface area contributed by atoms with E-state index in [4.69, 9.17) is 19.2 Å². The first-order valence-corrected chi connectivity index (χ1v) is 14.7. The van der Waals surface area contributed by atoms with Gasteiger partial charge in [0.15, 0.2) is 5.65 Å². The minimum absolute atomic E-state index is 0.362. The van der Waals surface area contributed by atoms with Crippen molar-refractivity contribution >= 4 is 28.5 Å². The SMILES string of the molecule is CCOc1cc(-c2ccc(N3CCC(CN4CCOCC4)(NC(=O)OC(C)(C)C)CC3)nc2)c2c3cn[nH]c3nn2c1. The number of hydrogen-bond donors (Lipinski definition) is 2. The maximum absolute atomic E-state index is 12.9. The van der Waals surface area contributed by atoms with Crippen LogP contribution in [0.1, 0.15) is 40.5 Å². The van der Waals surface area contributed by atoms with Crippen LogP contribution in [-0.4, -0.2) is 99.5 Å². The number of fused-ring (bicyclic) bond motifs is 3. The molecule has 6 rings (SSSR count). The lowest BCUT2D eigenvalue weighted by Crippen LogP contribution is -2.62. The fourth-order valence-electron chi connectivity index (χ4n) is 5.93. The van der Waals surface area contributed by atoms with E-state index in [-0.39, 0.29) is 11.6 Å². The Kier molecular flexibility index (Phi) is 7.67. The van der Waals surface area contributed by atoms with Gasteiger partial charge in [-0.1, -0.05) is 0 Å². The molecule has 2 saturated heterocycles. The Balaban J connectivity index is 1.21. The van der Waals surface area contributed by atoms with Crippen LogP contribution in [0.15, 0.2) is 36.8 Å². The fourth-order valence-corrected chi connectivity index (χ4v) is 5.93. The third kappa shape index (κ3) is 6.00. The number of piperidine rings is 1. The minimum Gasteiger partial charge on any atom is -0.492 e. The molecule has 0 aliphatic carbocycles. The maximum atomic E-state index is 12.9. The van der Waals surface area contributed by atoms with Gasteiger partial charge in [0.05, 0.1) is 48.7 Å². The molecular formula is C30H40N8O4. The minimum atomic E-state index is -0.551. The Morgan fingerprint density at radius 3 is 2.62 bits per heavy atom. The molecule has 0 atom stereocenters. The highest BCUT2D eigenvalue weighted by Crippen LogP contribution is 2.34. The van der Waals surface area contributed by atoms with Crippen molar-refractivity contribution in [1.82, 2.24) is 35.0 Å². The number of aromatic nitrogens is 5. The Morgan fingerprint density at radius 2 is 1.93 bits per heavy atom. The molecule has 2 fully saturated rings. The predicted molar refractivity (Wildman–Crippen MR) is 160 cm³/mol. The molecule has 2 N–H and O–H groups in total. The molecule has 0 radical (unpaired) electrons. The van der Waals surface area contributed by atoms with Gasteiger partial charge in [-0.15, -0.1) is 5.10 Å². The van der Waals surface area contributed by atoms with Gasteiger partial charge in [-0.3, -0.25) is 10.00 Å². The zero-order valence-corrected chi connectivity index (χ0v) is 24.9. The number of pyridine rings is 2. The van der Waals surface area contributed by atoms with Crippen LogP contribution in [0.2, 0.25) is 0 Å². The number of rotatable bonds is 7. The van der Waals surface area contributed by atoms with Crippen LogP contribution in [0, 0.1) is 0 Å². The summed E-state index contributed by atoms with van der Waals surface area (Å²) in [6.07, 6.45) is 6.81. The van der Waals surface area contributed by atoms with E-state index < -0.39 is 5.60 Å². The Labute approximate surface area is 245 Å². The zero-order valence-electron chi connectivity index (χ0n) is 24.9. The van der Waals surface area contributed by atoms with Gasteiger partial charge >= 0.3 is 6.09 Å². The summed E-state index contributed by atoms with van der Waals surface area (Å²) in [5, 5.41) is 16.0. The van der Waals surface area contributed by atoms with E-state index in [1.54, 1.807) is 6.20 Å². The van der Waals surface area contributed by atoms with Crippen molar-refractivity contribution in [3.8, 4) is 16.9 Å². The van der Waals surface area contributed by atoms with Gasteiger partial charge in [0.1, 0.15) is 17.2 Å². The Bertz CT molecular complexity index is 1530. The van der Waals surface area contributed by atoms with Gasteiger partial charge in [-0.25, -0.2) is 14.3 Å². The first-order valence-electron chi connectivity index (χ1n) is 14.7. The summed E-state index contributed by atoms with van der Waals surface area (Å²) in [6.45, 7) is 13.7. The second kappa shape index (κ2) is 11.4. The molecule has 6 heterocycles. The molecular weight excluding hydrogens is 536 g/mol. The summed E-state index contributed by atoms with van der Waals surface area (Å²) in [5.74, 6) is 1.65. The fraction of sp³-hybridized carbons (Fsp3) is 0.533. The van der Waals surface area contributed by atoms with Crippen molar-refractivity contribution in [1.29, 1.82) is 0 Å². The molecule has 1 amide bonds. The van der Waals surface area contributed by atoms with Gasteiger partial charge in [0.2, 0.25) is 0 Å². The number of nitrogens with one attached hydrogen (secondary N) is 2. The number of H-pyrrole nitrogens is 1. The molecule has 0 unspecified atom stereocenters. The van der Waals surface area contributed by atoms with Crippen LogP contribution in [-0.2, 0) is 9.47 Å². The second-order valence-corrected chi connectivity index (χ2v) is 12.1. The van der Waals surface area contributed by atoms with Crippen LogP contribution < -0.4 is 15.0 Å². The van der Waals surface area contributed by atoms with Gasteiger partial charge in [-0.2, -0.15) is 5.10 Å². The van der Waals surface area contributed by atoms with Crippen molar-refractivity contribution in [3.63, 3.8) is 0 Å². The number of ether oxygens (including phenoxy) is 3. The van der Waals surface area contributed by atoms with Crippen LogP contribution in [0.25, 0.3) is 27.7 Å². The number of hydrogen-bond acceptors (Lipinski definition) is 9. The van der Waals surface area contributed by atoms with Gasteiger partial charge in [-0.05, 0) is 58.7 Å². The van der Waals surface area contributed by atoms with Crippen molar-refractivity contribution in [2.24, 2.45) is 0 Å². The molecule has 224 valence electrons. The van der Waals surface area contributed by atoms with Gasteiger partial charge in [0, 0.05) is 50.0 Å². The number of carbonyl (C=O) groups is 1. The molecule has 42 heavy (non-hydrogen) atoms. The molecule has 12 heteroatoms. The Hall–Kier alpha value is -3.90. The van der Waals surface area contributed by atoms with Crippen LogP contribution in [0.4, 0.5) is 10.6 Å². The summed E-state index contributed by atoms with van der Waals surface area (Å²) in [6, 6.07) is 6.20. The molecule has 0 spiro atoms. The highest BCUT2D eigenvalue weighted by atomic mass is 16.6. The number of aromatic amines is 1. The maximum Gasteiger partial charge on any atom is 0.408 e. The average Bonchev–Trinajstić information content (AvgIpc) is 3.54. The molecule has 0 saturated carbocycles. The van der Waals surface area contributed by atoms with Crippen molar-refractivity contribution in [3.05, 3.63) is 36.8 Å². The topological polar surface area (TPSA) is 122 Å². The van der Waals surface area contributed by atoms with Crippen molar-refractivity contribution < 1.29 is 19.0 Å². The number of nitrogens with zero attached hydrogens (tertiary/aromatic N) is 6. The lowest BCUT2D eigenvalue weighted by atomic mass is 9.86. The van der Waals surface area contributed by atoms with Crippen molar-refractivity contribution in [2.75, 3.05) is 57.4 Å². The lowest BCUT2D eigenvalue weighted by Gasteiger charge is -2.45. The third-order valence-corrected chi connectivity index (χ3v) is 7.91. The quantitative estimate of drug-likeness (QED) is 0.338. The third-order valence-electron chi connectivity index (χ3n) is 7.91. The van der Waals surface area contributed by atoms with E-state index in [0.29, 0.717) is 6.61 Å². The van der Waals surface area contributed by atoms with E-state index in [9.17, 15) is 4.79 Å². The van der Waals surface area contributed by atoms with E-state index in [1.165, 1.54) is 0 Å². The summed E-state index contributed by atoms with van der Waals surface area (Å²) >= 11 is 0. The standard InChI is InChI=1S/C30H40N8O4/c1-5-41-22-16-23(26-24-18-32-34-27(24)35-38(26)19-22)21-6-7-25(31-17-21)37-10-8-30(9-11-37,20-36-12-14-40-15-13-36)33-28(39)42-29(2,3)4/h6-7,16-19H,5,8-15,20H2,1-4H3,(H,33,39)(H,34,35). The highest BCUT2D eigenvalue weighted by molar-refractivity contribution is 6.00. The lowest BCUT2D eigenvalue weighted by molar-refractivity contribution is 0.0127. The van der Waals surface area contributed by atoms with Gasteiger partial charge in [0.25, 0.3) is 0 Å². The molecule has 4 aromatic rings. The number of anilines is 1.